The van der Waals surface area contributed by atoms with E-state index in [0.717, 1.165) is 0 Å². The van der Waals surface area contributed by atoms with Crippen molar-refractivity contribution >= 4 is 21.9 Å². The summed E-state index contributed by atoms with van der Waals surface area (Å²) in [6, 6.07) is 5.25. The van der Waals surface area contributed by atoms with Crippen LogP contribution in [0.15, 0.2) is 41.8 Å². The monoisotopic (exact) mass is 368 g/mol. The van der Waals surface area contributed by atoms with Gasteiger partial charge in [-0.05, 0) is 52.0 Å². The second-order valence-electron chi connectivity index (χ2n) is 6.45. The number of esters is 1. The van der Waals surface area contributed by atoms with Gasteiger partial charge in [-0.25, -0.2) is 17.9 Å². The van der Waals surface area contributed by atoms with Crippen LogP contribution in [0.25, 0.3) is 0 Å². The van der Waals surface area contributed by atoms with E-state index in [1.54, 1.807) is 0 Å². The van der Waals surface area contributed by atoms with Crippen LogP contribution in [0.2, 0.25) is 0 Å². The van der Waals surface area contributed by atoms with E-state index in [9.17, 15) is 18.0 Å². The van der Waals surface area contributed by atoms with Crippen molar-refractivity contribution in [2.24, 2.45) is 0 Å². The first-order valence-corrected chi connectivity index (χ1v) is 9.18. The molecule has 0 radical (unpaired) electrons. The van der Waals surface area contributed by atoms with Crippen LogP contribution in [-0.2, 0) is 19.6 Å². The predicted octanol–water partition coefficient (Wildman–Crippen LogP) is 1.61. The Kier molecular flexibility index (Phi) is 6.89. The molecule has 0 heterocycles. The van der Waals surface area contributed by atoms with Crippen molar-refractivity contribution in [3.05, 3.63) is 42.5 Å². The standard InChI is InChI=1S/C17H24N2O5S/c1-6-11-18-25(22,23)14-9-7-13(8-10-14)16(21)24-12(2)15(20)19-17(3,4)5/h6-10,12,18H,1,11H2,2-5H3,(H,19,20)/t12-/m1/s1. The average molecular weight is 368 g/mol. The molecule has 1 aromatic rings. The van der Waals surface area contributed by atoms with Crippen LogP contribution in [0.5, 0.6) is 0 Å². The number of sulfonamides is 1. The Morgan fingerprint density at radius 3 is 2.28 bits per heavy atom. The maximum atomic E-state index is 12.1. The molecule has 1 amide bonds. The van der Waals surface area contributed by atoms with Gasteiger partial charge in [0.15, 0.2) is 6.10 Å². The van der Waals surface area contributed by atoms with E-state index in [1.165, 1.54) is 37.3 Å². The van der Waals surface area contributed by atoms with Crippen molar-refractivity contribution in [1.29, 1.82) is 0 Å². The van der Waals surface area contributed by atoms with Gasteiger partial charge in [0.2, 0.25) is 10.0 Å². The minimum Gasteiger partial charge on any atom is -0.449 e. The SMILES string of the molecule is C=CCNS(=O)(=O)c1ccc(C(=O)O[C@H](C)C(=O)NC(C)(C)C)cc1. The lowest BCUT2D eigenvalue weighted by Gasteiger charge is -2.23. The third-order valence-corrected chi connectivity index (χ3v) is 4.41. The second kappa shape index (κ2) is 8.26. The Morgan fingerprint density at radius 2 is 1.80 bits per heavy atom. The highest BCUT2D eigenvalue weighted by Gasteiger charge is 2.23. The molecule has 0 saturated carbocycles. The minimum atomic E-state index is -3.66. The molecule has 0 aromatic heterocycles. The van der Waals surface area contributed by atoms with Crippen molar-refractivity contribution in [2.45, 2.75) is 44.2 Å². The van der Waals surface area contributed by atoms with Gasteiger partial charge in [-0.2, -0.15) is 0 Å². The van der Waals surface area contributed by atoms with Crippen LogP contribution in [0.4, 0.5) is 0 Å². The van der Waals surface area contributed by atoms with Crippen molar-refractivity contribution in [1.82, 2.24) is 10.0 Å². The number of carbonyl (C=O) groups is 2. The molecule has 25 heavy (non-hydrogen) atoms. The van der Waals surface area contributed by atoms with Crippen LogP contribution in [0, 0.1) is 0 Å². The molecule has 2 N–H and O–H groups in total. The van der Waals surface area contributed by atoms with Crippen molar-refractivity contribution in [3.8, 4) is 0 Å². The highest BCUT2D eigenvalue weighted by atomic mass is 32.2. The average Bonchev–Trinajstić information content (AvgIpc) is 2.51. The lowest BCUT2D eigenvalue weighted by molar-refractivity contribution is -0.130. The van der Waals surface area contributed by atoms with Crippen molar-refractivity contribution in [2.75, 3.05) is 6.54 Å². The van der Waals surface area contributed by atoms with Gasteiger partial charge < -0.3 is 10.1 Å². The lowest BCUT2D eigenvalue weighted by Crippen LogP contribution is -2.46. The number of amides is 1. The first-order valence-electron chi connectivity index (χ1n) is 7.70. The van der Waals surface area contributed by atoms with E-state index >= 15 is 0 Å². The number of benzene rings is 1. The van der Waals surface area contributed by atoms with Gasteiger partial charge in [-0.1, -0.05) is 6.08 Å². The fourth-order valence-corrected chi connectivity index (χ4v) is 2.77. The van der Waals surface area contributed by atoms with E-state index in [0.29, 0.717) is 0 Å². The largest absolute Gasteiger partial charge is 0.449 e. The molecule has 0 fully saturated rings. The van der Waals surface area contributed by atoms with E-state index in [-0.39, 0.29) is 17.0 Å². The fourth-order valence-electron chi connectivity index (χ4n) is 1.78. The van der Waals surface area contributed by atoms with Crippen LogP contribution in [-0.4, -0.2) is 38.5 Å². The molecule has 0 aliphatic rings. The van der Waals surface area contributed by atoms with Gasteiger partial charge in [0.1, 0.15) is 0 Å². The Balaban J connectivity index is 2.77. The maximum Gasteiger partial charge on any atom is 0.338 e. The molecule has 0 bridgehead atoms. The zero-order valence-electron chi connectivity index (χ0n) is 14.8. The van der Waals surface area contributed by atoms with Crippen LogP contribution in [0.3, 0.4) is 0 Å². The molecule has 0 aliphatic carbocycles. The van der Waals surface area contributed by atoms with Crippen molar-refractivity contribution in [3.63, 3.8) is 0 Å². The highest BCUT2D eigenvalue weighted by molar-refractivity contribution is 7.89. The molecular weight excluding hydrogens is 344 g/mol. The van der Waals surface area contributed by atoms with E-state index < -0.39 is 33.5 Å². The molecule has 0 spiro atoms. The zero-order valence-corrected chi connectivity index (χ0v) is 15.6. The highest BCUT2D eigenvalue weighted by Crippen LogP contribution is 2.12. The maximum absolute atomic E-state index is 12.1. The number of hydrogen-bond acceptors (Lipinski definition) is 5. The summed E-state index contributed by atoms with van der Waals surface area (Å²) < 4.78 is 31.3. The van der Waals surface area contributed by atoms with Crippen molar-refractivity contribution < 1.29 is 22.7 Å². The molecule has 0 saturated heterocycles. The van der Waals surface area contributed by atoms with Gasteiger partial charge in [0, 0.05) is 12.1 Å². The first-order chi connectivity index (χ1) is 11.5. The summed E-state index contributed by atoms with van der Waals surface area (Å²) >= 11 is 0. The van der Waals surface area contributed by atoms with Gasteiger partial charge in [-0.15, -0.1) is 6.58 Å². The summed E-state index contributed by atoms with van der Waals surface area (Å²) in [7, 11) is -3.66. The van der Waals surface area contributed by atoms with E-state index in [4.69, 9.17) is 4.74 Å². The molecule has 0 aliphatic heterocycles. The number of carbonyl (C=O) groups excluding carboxylic acids is 2. The zero-order chi connectivity index (χ0) is 19.3. The van der Waals surface area contributed by atoms with Gasteiger partial charge in [0.25, 0.3) is 5.91 Å². The molecule has 0 unspecified atom stereocenters. The number of ether oxygens (including phenoxy) is 1. The fraction of sp³-hybridized carbons (Fsp3) is 0.412. The minimum absolute atomic E-state index is 0.0180. The Labute approximate surface area is 148 Å². The topological polar surface area (TPSA) is 102 Å². The van der Waals surface area contributed by atoms with Gasteiger partial charge in [0.05, 0.1) is 10.5 Å². The summed E-state index contributed by atoms with van der Waals surface area (Å²) in [6.07, 6.45) is 0.456. The summed E-state index contributed by atoms with van der Waals surface area (Å²) in [5, 5.41) is 2.71. The second-order valence-corrected chi connectivity index (χ2v) is 8.22. The number of hydrogen-bond donors (Lipinski definition) is 2. The van der Waals surface area contributed by atoms with Crippen LogP contribution >= 0.6 is 0 Å². The third kappa shape index (κ3) is 6.67. The molecule has 1 rings (SSSR count). The molecule has 8 heteroatoms. The summed E-state index contributed by atoms with van der Waals surface area (Å²) in [5.41, 5.74) is -0.287. The third-order valence-electron chi connectivity index (χ3n) is 2.97. The smallest absolute Gasteiger partial charge is 0.338 e. The summed E-state index contributed by atoms with van der Waals surface area (Å²) in [4.78, 5) is 24.0. The van der Waals surface area contributed by atoms with E-state index in [1.807, 2.05) is 20.8 Å². The summed E-state index contributed by atoms with van der Waals surface area (Å²) in [5.74, 6) is -1.12. The molecule has 7 nitrogen and oxygen atoms in total. The number of nitrogens with one attached hydrogen (secondary N) is 2. The van der Waals surface area contributed by atoms with Gasteiger partial charge in [-0.3, -0.25) is 4.79 Å². The first kappa shape index (κ1) is 20.9. The molecular formula is C17H24N2O5S. The Morgan fingerprint density at radius 1 is 1.24 bits per heavy atom. The van der Waals surface area contributed by atoms with Gasteiger partial charge >= 0.3 is 5.97 Å². The molecule has 138 valence electrons. The van der Waals surface area contributed by atoms with Crippen LogP contribution in [0.1, 0.15) is 38.1 Å². The summed E-state index contributed by atoms with van der Waals surface area (Å²) in [6.45, 7) is 10.5. The Hall–Kier alpha value is -2.19. The van der Waals surface area contributed by atoms with Crippen LogP contribution < -0.4 is 10.0 Å². The quantitative estimate of drug-likeness (QED) is 0.562. The molecule has 1 aromatic carbocycles. The Bertz CT molecular complexity index is 733. The van der Waals surface area contributed by atoms with E-state index in [2.05, 4.69) is 16.6 Å². The lowest BCUT2D eigenvalue weighted by atomic mass is 10.1. The molecule has 1 atom stereocenters. The predicted molar refractivity (Wildman–Crippen MR) is 94.6 cm³/mol. The number of rotatable bonds is 7. The normalized spacial score (nSPS) is 13.0.